The first kappa shape index (κ1) is 20.8. The Morgan fingerprint density at radius 1 is 1.00 bits per heavy atom. The second-order valence-corrected chi connectivity index (χ2v) is 7.13. The quantitative estimate of drug-likeness (QED) is 0.694. The minimum absolute atomic E-state index is 0.0319. The third-order valence-electron chi connectivity index (χ3n) is 4.71. The Balaban J connectivity index is 2.05. The molecule has 0 unspecified atom stereocenters. The van der Waals surface area contributed by atoms with Crippen molar-refractivity contribution in [1.29, 1.82) is 0 Å². The van der Waals surface area contributed by atoms with Gasteiger partial charge >= 0.3 is 0 Å². The van der Waals surface area contributed by atoms with E-state index in [1.54, 1.807) is 7.11 Å². The second kappa shape index (κ2) is 9.07. The predicted octanol–water partition coefficient (Wildman–Crippen LogP) is 4.75. The minimum atomic E-state index is -0.115. The second-order valence-electron chi connectivity index (χ2n) is 7.13. The van der Waals surface area contributed by atoms with Crippen molar-refractivity contribution in [2.75, 3.05) is 25.6 Å². The molecule has 0 saturated carbocycles. The van der Waals surface area contributed by atoms with Gasteiger partial charge in [0.15, 0.2) is 23.0 Å². The van der Waals surface area contributed by atoms with Crippen LogP contribution < -0.4 is 24.3 Å². The van der Waals surface area contributed by atoms with E-state index in [0.717, 1.165) is 16.8 Å². The molecule has 0 fully saturated rings. The number of hydrogen-bond acceptors (Lipinski definition) is 5. The Hall–Kier alpha value is -2.89. The van der Waals surface area contributed by atoms with Crippen LogP contribution in [-0.2, 0) is 4.79 Å². The van der Waals surface area contributed by atoms with Crippen LogP contribution in [0, 0.1) is 0 Å². The van der Waals surface area contributed by atoms with Gasteiger partial charge < -0.3 is 24.3 Å². The van der Waals surface area contributed by atoms with Crippen LogP contribution >= 0.6 is 0 Å². The molecule has 6 heteroatoms. The Morgan fingerprint density at radius 3 is 2.31 bits per heavy atom. The zero-order valence-electron chi connectivity index (χ0n) is 17.7. The van der Waals surface area contributed by atoms with E-state index < -0.39 is 0 Å². The summed E-state index contributed by atoms with van der Waals surface area (Å²) in [4.78, 5) is 12.4. The number of anilines is 1. The molecule has 156 valence electrons. The molecule has 2 aromatic rings. The number of benzene rings is 2. The van der Waals surface area contributed by atoms with E-state index in [0.29, 0.717) is 42.6 Å². The molecular formula is C23H29NO5. The molecule has 0 bridgehead atoms. The third-order valence-corrected chi connectivity index (χ3v) is 4.71. The van der Waals surface area contributed by atoms with Crippen molar-refractivity contribution in [2.24, 2.45) is 0 Å². The van der Waals surface area contributed by atoms with Crippen molar-refractivity contribution in [3.05, 3.63) is 41.5 Å². The number of amides is 1. The maximum atomic E-state index is 12.4. The number of fused-ring (bicyclic) bond motifs is 1. The van der Waals surface area contributed by atoms with Gasteiger partial charge in [0.05, 0.1) is 26.4 Å². The Kier molecular flexibility index (Phi) is 6.52. The number of ether oxygens (including phenoxy) is 4. The zero-order chi connectivity index (χ0) is 21.0. The van der Waals surface area contributed by atoms with E-state index >= 15 is 0 Å². The molecule has 1 atom stereocenters. The largest absolute Gasteiger partial charge is 0.493 e. The lowest BCUT2D eigenvalue weighted by atomic mass is 9.84. The first-order chi connectivity index (χ1) is 14.0. The summed E-state index contributed by atoms with van der Waals surface area (Å²) < 4.78 is 22.9. The van der Waals surface area contributed by atoms with Gasteiger partial charge in [-0.2, -0.15) is 0 Å². The van der Waals surface area contributed by atoms with Gasteiger partial charge in [0.25, 0.3) is 0 Å². The molecule has 3 rings (SSSR count). The first-order valence-corrected chi connectivity index (χ1v) is 10.0. The summed E-state index contributed by atoms with van der Waals surface area (Å²) in [6.07, 6.45) is 0.391. The molecule has 0 spiro atoms. The number of carbonyl (C=O) groups excluding carboxylic acids is 1. The van der Waals surface area contributed by atoms with Gasteiger partial charge in [-0.25, -0.2) is 0 Å². The molecular weight excluding hydrogens is 370 g/mol. The molecule has 0 aliphatic carbocycles. The molecule has 6 nitrogen and oxygen atoms in total. The van der Waals surface area contributed by atoms with Crippen molar-refractivity contribution >= 4 is 11.6 Å². The molecule has 1 aliphatic heterocycles. The molecule has 1 aliphatic rings. The lowest BCUT2D eigenvalue weighted by molar-refractivity contribution is -0.116. The molecule has 0 saturated heterocycles. The van der Waals surface area contributed by atoms with E-state index in [9.17, 15) is 4.79 Å². The van der Waals surface area contributed by atoms with E-state index in [-0.39, 0.29) is 17.9 Å². The Morgan fingerprint density at radius 2 is 1.69 bits per heavy atom. The molecule has 0 radical (unpaired) electrons. The van der Waals surface area contributed by atoms with Gasteiger partial charge in [0, 0.05) is 24.1 Å². The van der Waals surface area contributed by atoms with Crippen LogP contribution in [0.25, 0.3) is 0 Å². The van der Waals surface area contributed by atoms with Crippen LogP contribution in [0.1, 0.15) is 51.2 Å². The van der Waals surface area contributed by atoms with Gasteiger partial charge in [0.2, 0.25) is 5.91 Å². The Labute approximate surface area is 172 Å². The van der Waals surface area contributed by atoms with Gasteiger partial charge in [-0.3, -0.25) is 4.79 Å². The van der Waals surface area contributed by atoms with Crippen LogP contribution in [0.4, 0.5) is 5.69 Å². The van der Waals surface area contributed by atoms with Crippen molar-refractivity contribution in [3.8, 4) is 23.0 Å². The fraction of sp³-hybridized carbons (Fsp3) is 0.435. The lowest BCUT2D eigenvalue weighted by Crippen LogP contribution is -2.24. The highest BCUT2D eigenvalue weighted by Crippen LogP contribution is 2.44. The first-order valence-electron chi connectivity index (χ1n) is 10.0. The summed E-state index contributed by atoms with van der Waals surface area (Å²) in [6.45, 7) is 8.85. The fourth-order valence-corrected chi connectivity index (χ4v) is 3.56. The summed E-state index contributed by atoms with van der Waals surface area (Å²) in [5.74, 6) is 2.51. The van der Waals surface area contributed by atoms with Crippen LogP contribution in [0.3, 0.4) is 0 Å². The van der Waals surface area contributed by atoms with Gasteiger partial charge in [0.1, 0.15) is 0 Å². The molecule has 29 heavy (non-hydrogen) atoms. The zero-order valence-corrected chi connectivity index (χ0v) is 17.7. The van der Waals surface area contributed by atoms with Crippen LogP contribution in [0.15, 0.2) is 30.3 Å². The summed E-state index contributed by atoms with van der Waals surface area (Å²) in [6, 6.07) is 9.66. The summed E-state index contributed by atoms with van der Waals surface area (Å²) in [5.41, 5.74) is 2.73. The third kappa shape index (κ3) is 4.58. The van der Waals surface area contributed by atoms with E-state index in [2.05, 4.69) is 5.32 Å². The molecule has 1 N–H and O–H groups in total. The number of hydrogen-bond donors (Lipinski definition) is 1. The highest BCUT2D eigenvalue weighted by atomic mass is 16.5. The lowest BCUT2D eigenvalue weighted by Gasteiger charge is -2.28. The Bertz CT molecular complexity index is 878. The molecule has 1 amide bonds. The smallest absolute Gasteiger partial charge is 0.225 e. The van der Waals surface area contributed by atoms with Crippen LogP contribution in [-0.4, -0.2) is 32.3 Å². The average molecular weight is 399 g/mol. The predicted molar refractivity (Wildman–Crippen MR) is 113 cm³/mol. The van der Waals surface area contributed by atoms with Crippen molar-refractivity contribution in [3.63, 3.8) is 0 Å². The van der Waals surface area contributed by atoms with Crippen LogP contribution in [0.2, 0.25) is 0 Å². The highest BCUT2D eigenvalue weighted by Gasteiger charge is 2.29. The van der Waals surface area contributed by atoms with Gasteiger partial charge in [-0.15, -0.1) is 0 Å². The molecule has 1 heterocycles. The van der Waals surface area contributed by atoms with Crippen molar-refractivity contribution < 1.29 is 23.7 Å². The maximum absolute atomic E-state index is 12.4. The minimum Gasteiger partial charge on any atom is -0.493 e. The van der Waals surface area contributed by atoms with Crippen molar-refractivity contribution in [1.82, 2.24) is 0 Å². The average Bonchev–Trinajstić information content (AvgIpc) is 2.68. The number of rotatable bonds is 8. The summed E-state index contributed by atoms with van der Waals surface area (Å²) >= 11 is 0. The number of carbonyl (C=O) groups is 1. The topological polar surface area (TPSA) is 66.0 Å². The van der Waals surface area contributed by atoms with Crippen LogP contribution in [0.5, 0.6) is 23.0 Å². The van der Waals surface area contributed by atoms with E-state index in [1.807, 2.05) is 58.0 Å². The number of nitrogens with one attached hydrogen (secondary N) is 1. The van der Waals surface area contributed by atoms with E-state index in [1.165, 1.54) is 0 Å². The normalized spacial score (nSPS) is 15.5. The van der Waals surface area contributed by atoms with Crippen molar-refractivity contribution in [2.45, 2.75) is 46.1 Å². The fourth-order valence-electron chi connectivity index (χ4n) is 3.56. The van der Waals surface area contributed by atoms with Gasteiger partial charge in [-0.1, -0.05) is 6.07 Å². The number of methoxy groups -OCH3 is 1. The standard InChI is InChI=1S/C23H29NO5/c1-6-27-21-11-17-16(12-23(25)24-18(17)13-22(21)28-7-2)15-8-9-19(29-14(3)4)20(10-15)26-5/h8-11,13-14,16H,6-7,12H2,1-5H3,(H,24,25)/t16-/m1/s1. The van der Waals surface area contributed by atoms with E-state index in [4.69, 9.17) is 18.9 Å². The maximum Gasteiger partial charge on any atom is 0.225 e. The summed E-state index contributed by atoms with van der Waals surface area (Å²) in [7, 11) is 1.62. The summed E-state index contributed by atoms with van der Waals surface area (Å²) in [5, 5.41) is 2.96. The molecule has 0 aromatic heterocycles. The highest BCUT2D eigenvalue weighted by molar-refractivity contribution is 5.96. The SMILES string of the molecule is CCOc1cc2c(cc1OCC)[C@@H](c1ccc(OC(C)C)c(OC)c1)CC(=O)N2. The van der Waals surface area contributed by atoms with Gasteiger partial charge in [-0.05, 0) is 57.0 Å². The molecule has 2 aromatic carbocycles. The monoisotopic (exact) mass is 399 g/mol.